The van der Waals surface area contributed by atoms with Crippen LogP contribution in [0.4, 0.5) is 10.1 Å². The number of anilines is 1. The molecule has 0 saturated heterocycles. The van der Waals surface area contributed by atoms with Crippen molar-refractivity contribution in [2.45, 2.75) is 25.7 Å². The Morgan fingerprint density at radius 3 is 2.42 bits per heavy atom. The Bertz CT molecular complexity index is 1400. The first kappa shape index (κ1) is 23.2. The Hall–Kier alpha value is -2.92. The summed E-state index contributed by atoms with van der Waals surface area (Å²) in [7, 11) is -6.92. The number of rotatable bonds is 8. The number of benzene rings is 2. The molecule has 0 aliphatic heterocycles. The molecule has 0 amide bonds. The van der Waals surface area contributed by atoms with E-state index in [1.165, 1.54) is 30.3 Å². The van der Waals surface area contributed by atoms with E-state index < -0.39 is 38.4 Å². The smallest absolute Gasteiger partial charge is 0.342 e. The van der Waals surface area contributed by atoms with Crippen LogP contribution in [-0.4, -0.2) is 41.5 Å². The lowest BCUT2D eigenvalue weighted by molar-refractivity contribution is 0.0528. The lowest BCUT2D eigenvalue weighted by Crippen LogP contribution is -2.28. The Morgan fingerprint density at radius 2 is 1.88 bits per heavy atom. The predicted molar refractivity (Wildman–Crippen MR) is 122 cm³/mol. The number of fused-ring (bicyclic) bond motifs is 1. The van der Waals surface area contributed by atoms with Crippen LogP contribution >= 0.6 is 0 Å². The lowest BCUT2D eigenvalue weighted by atomic mass is 10.0. The van der Waals surface area contributed by atoms with Crippen molar-refractivity contribution >= 4 is 43.4 Å². The number of furan rings is 1. The van der Waals surface area contributed by atoms with Gasteiger partial charge in [-0.05, 0) is 61.6 Å². The molecule has 3 aromatic rings. The SMILES string of the molecule is CCOC(=O)c1c(-c2ccc(F)cc2)oc2cc(N(CS(C)(=O)=O)[SH](=O)=O)c(C3CC3)cc12. The van der Waals surface area contributed by atoms with Gasteiger partial charge in [-0.15, -0.1) is 0 Å². The molecule has 11 heteroatoms. The average Bonchev–Trinajstić information content (AvgIpc) is 3.51. The molecule has 0 unspecified atom stereocenters. The first-order valence-corrected chi connectivity index (χ1v) is 13.4. The molecule has 0 atom stereocenters. The van der Waals surface area contributed by atoms with Crippen LogP contribution in [0.3, 0.4) is 0 Å². The first-order valence-electron chi connectivity index (χ1n) is 10.2. The molecule has 33 heavy (non-hydrogen) atoms. The molecule has 1 heterocycles. The highest BCUT2D eigenvalue weighted by Crippen LogP contribution is 2.47. The van der Waals surface area contributed by atoms with Crippen molar-refractivity contribution in [3.05, 3.63) is 53.3 Å². The molecule has 4 rings (SSSR count). The quantitative estimate of drug-likeness (QED) is 0.375. The standard InChI is InChI=1S/C22H22FNO7S2/c1-3-30-22(25)20-17-10-16(13-4-5-13)18(24(32(26)27)12-33(2,28)29)11-19(17)31-21(20)14-6-8-15(23)9-7-14/h6-11,13,32H,3-5,12H2,1-2H3. The third-order valence-corrected chi connectivity index (χ3v) is 6.94. The van der Waals surface area contributed by atoms with Crippen molar-refractivity contribution in [1.29, 1.82) is 0 Å². The average molecular weight is 496 g/mol. The van der Waals surface area contributed by atoms with Gasteiger partial charge >= 0.3 is 5.97 Å². The highest BCUT2D eigenvalue weighted by molar-refractivity contribution is 7.91. The number of carbonyl (C=O) groups excluding carboxylic acids is 1. The molecule has 1 aliphatic carbocycles. The molecule has 0 N–H and O–H groups in total. The fourth-order valence-electron chi connectivity index (χ4n) is 3.73. The number of esters is 1. The van der Waals surface area contributed by atoms with Crippen molar-refractivity contribution in [2.24, 2.45) is 0 Å². The summed E-state index contributed by atoms with van der Waals surface area (Å²) < 4.78 is 73.2. The number of hydrogen-bond acceptors (Lipinski definition) is 7. The number of nitrogens with zero attached hydrogens (tertiary/aromatic N) is 1. The molecule has 1 saturated carbocycles. The highest BCUT2D eigenvalue weighted by Gasteiger charge is 2.32. The molecule has 1 aliphatic rings. The van der Waals surface area contributed by atoms with E-state index >= 15 is 0 Å². The van der Waals surface area contributed by atoms with Gasteiger partial charge in [-0.2, -0.15) is 0 Å². The van der Waals surface area contributed by atoms with Gasteiger partial charge in [0.25, 0.3) is 0 Å². The number of carbonyl (C=O) groups is 1. The van der Waals surface area contributed by atoms with E-state index in [1.807, 2.05) is 0 Å². The normalized spacial score (nSPS) is 14.1. The van der Waals surface area contributed by atoms with Crippen molar-refractivity contribution < 1.29 is 35.2 Å². The van der Waals surface area contributed by atoms with E-state index in [1.54, 1.807) is 13.0 Å². The zero-order valence-electron chi connectivity index (χ0n) is 17.9. The second-order valence-electron chi connectivity index (χ2n) is 7.91. The number of hydrogen-bond donors (Lipinski definition) is 1. The third-order valence-electron chi connectivity index (χ3n) is 5.27. The molecular weight excluding hydrogens is 473 g/mol. The Balaban J connectivity index is 1.99. The van der Waals surface area contributed by atoms with Crippen LogP contribution in [0.25, 0.3) is 22.3 Å². The second kappa shape index (κ2) is 8.79. The topological polar surface area (TPSA) is 111 Å². The monoisotopic (exact) mass is 495 g/mol. The molecule has 1 aromatic heterocycles. The van der Waals surface area contributed by atoms with E-state index in [4.69, 9.17) is 9.15 Å². The van der Waals surface area contributed by atoms with Gasteiger partial charge in [-0.3, -0.25) is 4.31 Å². The summed E-state index contributed by atoms with van der Waals surface area (Å²) in [4.78, 5) is 12.8. The second-order valence-corrected chi connectivity index (χ2v) is 11.0. The van der Waals surface area contributed by atoms with Crippen LogP contribution in [0.1, 0.15) is 41.6 Å². The minimum atomic E-state index is -3.66. The minimum absolute atomic E-state index is 0.0284. The molecule has 176 valence electrons. The highest BCUT2D eigenvalue weighted by atomic mass is 32.2. The fourth-order valence-corrected chi connectivity index (χ4v) is 5.67. The summed E-state index contributed by atoms with van der Waals surface area (Å²) in [5, 5.41) is 0.416. The number of thiol groups is 1. The number of halogens is 1. The zero-order chi connectivity index (χ0) is 23.9. The number of sulfone groups is 1. The Labute approximate surface area is 191 Å². The summed E-state index contributed by atoms with van der Waals surface area (Å²) in [5.41, 5.74) is 1.58. The molecular formula is C22H22FNO7S2. The first-order chi connectivity index (χ1) is 15.6. The van der Waals surface area contributed by atoms with Gasteiger partial charge < -0.3 is 9.15 Å². The Morgan fingerprint density at radius 1 is 1.21 bits per heavy atom. The fraction of sp³-hybridized carbons (Fsp3) is 0.318. The molecule has 1 fully saturated rings. The molecule has 8 nitrogen and oxygen atoms in total. The van der Waals surface area contributed by atoms with Crippen LogP contribution in [0.5, 0.6) is 0 Å². The van der Waals surface area contributed by atoms with Gasteiger partial charge in [0.15, 0.2) is 9.84 Å². The molecule has 2 aromatic carbocycles. The van der Waals surface area contributed by atoms with E-state index in [2.05, 4.69) is 0 Å². The lowest BCUT2D eigenvalue weighted by Gasteiger charge is -2.20. The van der Waals surface area contributed by atoms with Gasteiger partial charge in [0.2, 0.25) is 10.9 Å². The summed E-state index contributed by atoms with van der Waals surface area (Å²) >= 11 is 0. The van der Waals surface area contributed by atoms with Crippen LogP contribution in [0.2, 0.25) is 0 Å². The maximum atomic E-state index is 13.5. The summed E-state index contributed by atoms with van der Waals surface area (Å²) in [6.07, 6.45) is 2.56. The van der Waals surface area contributed by atoms with Gasteiger partial charge in [0.05, 0.1) is 12.3 Å². The zero-order valence-corrected chi connectivity index (χ0v) is 19.6. The van der Waals surface area contributed by atoms with Gasteiger partial charge in [-0.1, -0.05) is 0 Å². The van der Waals surface area contributed by atoms with Crippen LogP contribution in [-0.2, 0) is 25.5 Å². The Kier molecular flexibility index (Phi) is 6.19. The minimum Gasteiger partial charge on any atom is -0.462 e. The van der Waals surface area contributed by atoms with E-state index in [0.29, 0.717) is 16.5 Å². The maximum Gasteiger partial charge on any atom is 0.342 e. The number of ether oxygens (including phenoxy) is 1. The maximum absolute atomic E-state index is 13.5. The van der Waals surface area contributed by atoms with Crippen molar-refractivity contribution in [3.8, 4) is 11.3 Å². The van der Waals surface area contributed by atoms with E-state index in [-0.39, 0.29) is 35.1 Å². The van der Waals surface area contributed by atoms with Crippen LogP contribution in [0.15, 0.2) is 40.8 Å². The predicted octanol–water partition coefficient (Wildman–Crippen LogP) is 3.63. The largest absolute Gasteiger partial charge is 0.462 e. The van der Waals surface area contributed by atoms with Gasteiger partial charge in [0.1, 0.15) is 28.6 Å². The summed E-state index contributed by atoms with van der Waals surface area (Å²) in [6.45, 7) is 1.79. The molecule has 0 radical (unpaired) electrons. The third kappa shape index (κ3) is 4.88. The van der Waals surface area contributed by atoms with Crippen LogP contribution < -0.4 is 4.31 Å². The van der Waals surface area contributed by atoms with E-state index in [0.717, 1.165) is 23.4 Å². The van der Waals surface area contributed by atoms with E-state index in [9.17, 15) is 26.0 Å². The summed E-state index contributed by atoms with van der Waals surface area (Å²) in [6, 6.07) is 8.49. The van der Waals surface area contributed by atoms with Gasteiger partial charge in [-0.25, -0.2) is 26.0 Å². The van der Waals surface area contributed by atoms with Crippen molar-refractivity contribution in [2.75, 3.05) is 23.0 Å². The molecule has 0 spiro atoms. The van der Waals surface area contributed by atoms with Gasteiger partial charge in [0, 0.05) is 23.3 Å². The van der Waals surface area contributed by atoms with Crippen molar-refractivity contribution in [1.82, 2.24) is 0 Å². The van der Waals surface area contributed by atoms with Crippen molar-refractivity contribution in [3.63, 3.8) is 0 Å². The molecule has 0 bridgehead atoms. The van der Waals surface area contributed by atoms with Crippen LogP contribution in [0, 0.1) is 5.82 Å². The summed E-state index contributed by atoms with van der Waals surface area (Å²) in [5.74, 6) is -1.62.